The van der Waals surface area contributed by atoms with Gasteiger partial charge >= 0.3 is 0 Å². The molecule has 0 amide bonds. The van der Waals surface area contributed by atoms with Crippen LogP contribution in [0.3, 0.4) is 0 Å². The Kier molecular flexibility index (Phi) is 4.75. The van der Waals surface area contributed by atoms with Crippen molar-refractivity contribution in [3.63, 3.8) is 0 Å². The Morgan fingerprint density at radius 3 is 2.33 bits per heavy atom. The Morgan fingerprint density at radius 2 is 1.89 bits per heavy atom. The van der Waals surface area contributed by atoms with Crippen LogP contribution in [0.2, 0.25) is 0 Å². The molecule has 3 nitrogen and oxygen atoms in total. The van der Waals surface area contributed by atoms with Gasteiger partial charge in [-0.1, -0.05) is 44.2 Å². The average Bonchev–Trinajstić information content (AvgIpc) is 2.33. The molecular weight excluding hydrogens is 226 g/mol. The zero-order valence-electron chi connectivity index (χ0n) is 11.4. The minimum Gasteiger partial charge on any atom is -0.376 e. The third kappa shape index (κ3) is 3.10. The summed E-state index contributed by atoms with van der Waals surface area (Å²) in [4.78, 5) is 0. The lowest BCUT2D eigenvalue weighted by Crippen LogP contribution is -2.45. The maximum absolute atomic E-state index is 6.17. The van der Waals surface area contributed by atoms with Crippen LogP contribution in [0.25, 0.3) is 0 Å². The molecule has 0 aliphatic carbocycles. The van der Waals surface area contributed by atoms with Crippen LogP contribution in [0, 0.1) is 5.92 Å². The molecule has 0 spiro atoms. The summed E-state index contributed by atoms with van der Waals surface area (Å²) in [5.74, 6) is 0.461. The molecule has 1 N–H and O–H groups in total. The Hall–Kier alpha value is -0.900. The van der Waals surface area contributed by atoms with E-state index in [0.717, 1.165) is 13.2 Å². The molecule has 1 aromatic rings. The Labute approximate surface area is 109 Å². The van der Waals surface area contributed by atoms with Crippen LogP contribution >= 0.6 is 0 Å². The first kappa shape index (κ1) is 13.5. The minimum absolute atomic E-state index is 0.172. The molecule has 2 atom stereocenters. The zero-order chi connectivity index (χ0) is 13.0. The molecule has 0 saturated carbocycles. The van der Waals surface area contributed by atoms with Crippen molar-refractivity contribution in [3.8, 4) is 0 Å². The fourth-order valence-corrected chi connectivity index (χ4v) is 2.32. The van der Waals surface area contributed by atoms with E-state index < -0.39 is 0 Å². The van der Waals surface area contributed by atoms with Gasteiger partial charge in [0.1, 0.15) is 6.10 Å². The number of nitrogens with one attached hydrogen (secondary N) is 1. The summed E-state index contributed by atoms with van der Waals surface area (Å²) in [5.41, 5.74) is 1.28. The maximum Gasteiger partial charge on any atom is 0.105 e. The van der Waals surface area contributed by atoms with E-state index >= 15 is 0 Å². The first-order valence-corrected chi connectivity index (χ1v) is 6.67. The third-order valence-corrected chi connectivity index (χ3v) is 3.41. The lowest BCUT2D eigenvalue weighted by atomic mass is 9.93. The Morgan fingerprint density at radius 1 is 1.22 bits per heavy atom. The molecule has 1 heterocycles. The molecule has 1 saturated heterocycles. The highest BCUT2D eigenvalue weighted by molar-refractivity contribution is 5.20. The number of hydrogen-bond acceptors (Lipinski definition) is 3. The van der Waals surface area contributed by atoms with E-state index in [1.165, 1.54) is 5.56 Å². The first-order valence-electron chi connectivity index (χ1n) is 6.67. The van der Waals surface area contributed by atoms with E-state index in [9.17, 15) is 0 Å². The van der Waals surface area contributed by atoms with E-state index in [1.807, 2.05) is 13.1 Å². The zero-order valence-corrected chi connectivity index (χ0v) is 11.4. The highest BCUT2D eigenvalue weighted by Crippen LogP contribution is 2.26. The topological polar surface area (TPSA) is 30.5 Å². The van der Waals surface area contributed by atoms with E-state index in [-0.39, 0.29) is 18.2 Å². The van der Waals surface area contributed by atoms with Gasteiger partial charge in [-0.05, 0) is 18.5 Å². The number of likely N-dealkylation sites (N-methyl/N-ethyl adjacent to an activating group) is 1. The van der Waals surface area contributed by atoms with Gasteiger partial charge in [0.25, 0.3) is 0 Å². The summed E-state index contributed by atoms with van der Waals surface area (Å²) in [5, 5.41) is 3.39. The summed E-state index contributed by atoms with van der Waals surface area (Å²) in [6, 6.07) is 10.7. The van der Waals surface area contributed by atoms with E-state index in [4.69, 9.17) is 9.47 Å². The summed E-state index contributed by atoms with van der Waals surface area (Å²) < 4.78 is 11.4. The summed E-state index contributed by atoms with van der Waals surface area (Å²) >= 11 is 0. The fourth-order valence-electron chi connectivity index (χ4n) is 2.32. The minimum atomic E-state index is 0.172. The molecule has 0 radical (unpaired) electrons. The van der Waals surface area contributed by atoms with Crippen LogP contribution in [0.5, 0.6) is 0 Å². The second kappa shape index (κ2) is 6.32. The van der Waals surface area contributed by atoms with Crippen molar-refractivity contribution in [2.75, 3.05) is 20.3 Å². The smallest absolute Gasteiger partial charge is 0.105 e. The lowest BCUT2D eigenvalue weighted by Gasteiger charge is -2.36. The van der Waals surface area contributed by atoms with E-state index in [2.05, 4.69) is 43.4 Å². The van der Waals surface area contributed by atoms with Gasteiger partial charge in [0.05, 0.1) is 25.4 Å². The van der Waals surface area contributed by atoms with E-state index in [1.54, 1.807) is 0 Å². The second-order valence-corrected chi connectivity index (χ2v) is 5.18. The SMILES string of the molecule is CNC(c1ccccc1)C(OC1COC1)C(C)C. The fraction of sp³-hybridized carbons (Fsp3) is 0.600. The second-order valence-electron chi connectivity index (χ2n) is 5.18. The molecule has 18 heavy (non-hydrogen) atoms. The quantitative estimate of drug-likeness (QED) is 0.839. The maximum atomic E-state index is 6.17. The van der Waals surface area contributed by atoms with Crippen LogP contribution in [0.4, 0.5) is 0 Å². The molecule has 0 aromatic heterocycles. The van der Waals surface area contributed by atoms with Crippen LogP contribution in [0.15, 0.2) is 30.3 Å². The molecule has 0 bridgehead atoms. The monoisotopic (exact) mass is 249 g/mol. The van der Waals surface area contributed by atoms with Crippen molar-refractivity contribution >= 4 is 0 Å². The largest absolute Gasteiger partial charge is 0.376 e. The van der Waals surface area contributed by atoms with Crippen molar-refractivity contribution in [1.29, 1.82) is 0 Å². The number of benzene rings is 1. The first-order chi connectivity index (χ1) is 8.72. The van der Waals surface area contributed by atoms with Gasteiger partial charge in [-0.15, -0.1) is 0 Å². The van der Waals surface area contributed by atoms with Crippen molar-refractivity contribution in [3.05, 3.63) is 35.9 Å². The molecule has 1 fully saturated rings. The van der Waals surface area contributed by atoms with Crippen molar-refractivity contribution < 1.29 is 9.47 Å². The third-order valence-electron chi connectivity index (χ3n) is 3.41. The average molecular weight is 249 g/mol. The molecule has 2 unspecified atom stereocenters. The van der Waals surface area contributed by atoms with Gasteiger partial charge in [0.15, 0.2) is 0 Å². The lowest BCUT2D eigenvalue weighted by molar-refractivity contribution is -0.170. The number of rotatable bonds is 6. The Bertz CT molecular complexity index is 349. The Balaban J connectivity index is 2.10. The van der Waals surface area contributed by atoms with Crippen LogP contribution in [0.1, 0.15) is 25.5 Å². The highest BCUT2D eigenvalue weighted by Gasteiger charge is 2.31. The highest BCUT2D eigenvalue weighted by atomic mass is 16.6. The molecule has 1 aliphatic rings. The van der Waals surface area contributed by atoms with Gasteiger partial charge in [-0.2, -0.15) is 0 Å². The van der Waals surface area contributed by atoms with Gasteiger partial charge in [0, 0.05) is 0 Å². The summed E-state index contributed by atoms with van der Waals surface area (Å²) in [6.45, 7) is 5.87. The van der Waals surface area contributed by atoms with Crippen LogP contribution in [-0.2, 0) is 9.47 Å². The molecule has 1 aliphatic heterocycles. The molecule has 2 rings (SSSR count). The molecule has 1 aromatic carbocycles. The van der Waals surface area contributed by atoms with Gasteiger partial charge < -0.3 is 14.8 Å². The molecule has 3 heteroatoms. The predicted molar refractivity (Wildman–Crippen MR) is 72.6 cm³/mol. The predicted octanol–water partition coefficient (Wildman–Crippen LogP) is 2.39. The normalized spacial score (nSPS) is 19.6. The van der Waals surface area contributed by atoms with Gasteiger partial charge in [-0.25, -0.2) is 0 Å². The summed E-state index contributed by atoms with van der Waals surface area (Å²) in [6.07, 6.45) is 0.434. The molecule has 100 valence electrons. The van der Waals surface area contributed by atoms with Crippen molar-refractivity contribution in [1.82, 2.24) is 5.32 Å². The van der Waals surface area contributed by atoms with Crippen LogP contribution in [-0.4, -0.2) is 32.5 Å². The van der Waals surface area contributed by atoms with Crippen LogP contribution < -0.4 is 5.32 Å². The van der Waals surface area contributed by atoms with Crippen molar-refractivity contribution in [2.24, 2.45) is 5.92 Å². The summed E-state index contributed by atoms with van der Waals surface area (Å²) in [7, 11) is 1.99. The number of hydrogen-bond donors (Lipinski definition) is 1. The van der Waals surface area contributed by atoms with Crippen molar-refractivity contribution in [2.45, 2.75) is 32.1 Å². The molecular formula is C15H23NO2. The van der Waals surface area contributed by atoms with E-state index in [0.29, 0.717) is 5.92 Å². The van der Waals surface area contributed by atoms with Gasteiger partial charge in [-0.3, -0.25) is 0 Å². The standard InChI is InChI=1S/C15H23NO2/c1-11(2)15(18-13-9-17-10-13)14(16-3)12-7-5-4-6-8-12/h4-8,11,13-16H,9-10H2,1-3H3. The number of ether oxygens (including phenoxy) is 2. The van der Waals surface area contributed by atoms with Gasteiger partial charge in [0.2, 0.25) is 0 Å².